The Hall–Kier alpha value is -2.05. The van der Waals surface area contributed by atoms with E-state index in [2.05, 4.69) is 4.98 Å². The molecule has 0 unspecified atom stereocenters. The number of fused-ring (bicyclic) bond motifs is 1. The molecule has 1 saturated heterocycles. The number of aromatic nitrogens is 1. The van der Waals surface area contributed by atoms with Crippen molar-refractivity contribution in [3.63, 3.8) is 0 Å². The predicted octanol–water partition coefficient (Wildman–Crippen LogP) is 0.677. The number of nitrogens with one attached hydrogen (secondary N) is 1. The lowest BCUT2D eigenvalue weighted by Gasteiger charge is -2.14. The molecule has 1 amide bonds. The maximum atomic E-state index is 12.5. The van der Waals surface area contributed by atoms with Crippen LogP contribution < -0.4 is 16.2 Å². The van der Waals surface area contributed by atoms with Gasteiger partial charge in [-0.25, -0.2) is 0 Å². The van der Waals surface area contributed by atoms with Crippen molar-refractivity contribution in [2.75, 3.05) is 19.7 Å². The highest BCUT2D eigenvalue weighted by Gasteiger charge is 2.31. The average molecular weight is 288 g/mol. The molecule has 1 fully saturated rings. The van der Waals surface area contributed by atoms with Crippen molar-refractivity contribution in [2.45, 2.75) is 19.0 Å². The summed E-state index contributed by atoms with van der Waals surface area (Å²) < 4.78 is 5.46. The third kappa shape index (κ3) is 2.59. The van der Waals surface area contributed by atoms with Crippen molar-refractivity contribution in [3.8, 4) is 5.75 Å². The highest BCUT2D eigenvalue weighted by atomic mass is 16.5. The largest absolute Gasteiger partial charge is 0.494 e. The molecule has 1 aromatic carbocycles. The van der Waals surface area contributed by atoms with Crippen molar-refractivity contribution in [1.29, 1.82) is 0 Å². The van der Waals surface area contributed by atoms with Crippen LogP contribution in [0.2, 0.25) is 0 Å². The minimum atomic E-state index is -0.150. The number of hydrogen-bond acceptors (Lipinski definition) is 4. The van der Waals surface area contributed by atoms with Crippen molar-refractivity contribution >= 4 is 16.8 Å². The molecule has 2 atom stereocenters. The van der Waals surface area contributed by atoms with Crippen LogP contribution in [0.25, 0.3) is 10.9 Å². The Morgan fingerprint density at radius 1 is 1.33 bits per heavy atom. The first-order valence-corrected chi connectivity index (χ1v) is 7.14. The Morgan fingerprint density at radius 2 is 2.05 bits per heavy atom. The van der Waals surface area contributed by atoms with Crippen molar-refractivity contribution < 1.29 is 9.53 Å². The van der Waals surface area contributed by atoms with Gasteiger partial charge in [-0.3, -0.25) is 4.79 Å². The minimum absolute atomic E-state index is 0.0624. The summed E-state index contributed by atoms with van der Waals surface area (Å²) in [5.74, 6) is 0.726. The van der Waals surface area contributed by atoms with Crippen molar-refractivity contribution in [2.24, 2.45) is 11.5 Å². The van der Waals surface area contributed by atoms with Crippen LogP contribution in [0.5, 0.6) is 5.75 Å². The maximum Gasteiger partial charge on any atom is 0.270 e. The zero-order chi connectivity index (χ0) is 15.0. The predicted molar refractivity (Wildman–Crippen MR) is 81.3 cm³/mol. The van der Waals surface area contributed by atoms with Crippen LogP contribution in [0.1, 0.15) is 17.4 Å². The summed E-state index contributed by atoms with van der Waals surface area (Å²) in [4.78, 5) is 17.3. The number of ether oxygens (including phenoxy) is 1. The van der Waals surface area contributed by atoms with Crippen LogP contribution in [-0.4, -0.2) is 47.6 Å². The molecule has 0 radical (unpaired) electrons. The first-order chi connectivity index (χ1) is 10.1. The van der Waals surface area contributed by atoms with Gasteiger partial charge in [-0.05, 0) is 25.1 Å². The standard InChI is InChI=1S/C15H20N4O2/c1-2-21-10-4-3-9-5-14(18-13(9)6-10)15(20)19-7-11(16)12(17)8-19/h3-6,11-12,18H,2,7-8,16-17H2,1H3/t11-,12-/m1/s1. The zero-order valence-electron chi connectivity index (χ0n) is 12.0. The number of nitrogens with two attached hydrogens (primary N) is 2. The van der Waals surface area contributed by atoms with E-state index in [9.17, 15) is 4.79 Å². The molecule has 6 nitrogen and oxygen atoms in total. The summed E-state index contributed by atoms with van der Waals surface area (Å²) in [6, 6.07) is 7.29. The fraction of sp³-hybridized carbons (Fsp3) is 0.400. The molecule has 2 aromatic rings. The van der Waals surface area contributed by atoms with Gasteiger partial charge in [-0.2, -0.15) is 0 Å². The third-order valence-electron chi connectivity index (χ3n) is 3.83. The molecule has 1 aromatic heterocycles. The van der Waals surface area contributed by atoms with E-state index in [0.29, 0.717) is 25.4 Å². The first kappa shape index (κ1) is 13.9. The Balaban J connectivity index is 1.85. The number of amides is 1. The van der Waals surface area contributed by atoms with Crippen LogP contribution in [0.15, 0.2) is 24.3 Å². The molecule has 21 heavy (non-hydrogen) atoms. The van der Waals surface area contributed by atoms with E-state index in [1.807, 2.05) is 31.2 Å². The number of hydrogen-bond donors (Lipinski definition) is 3. The summed E-state index contributed by atoms with van der Waals surface area (Å²) in [5.41, 5.74) is 13.2. The number of carbonyl (C=O) groups is 1. The van der Waals surface area contributed by atoms with Crippen molar-refractivity contribution in [1.82, 2.24) is 9.88 Å². The van der Waals surface area contributed by atoms with Gasteiger partial charge in [-0.15, -0.1) is 0 Å². The van der Waals surface area contributed by atoms with Gasteiger partial charge in [0.25, 0.3) is 5.91 Å². The molecule has 3 rings (SSSR count). The smallest absolute Gasteiger partial charge is 0.270 e. The van der Waals surface area contributed by atoms with Gasteiger partial charge in [0.1, 0.15) is 11.4 Å². The second-order valence-corrected chi connectivity index (χ2v) is 5.40. The molecular formula is C15H20N4O2. The molecule has 1 aliphatic heterocycles. The number of likely N-dealkylation sites (tertiary alicyclic amines) is 1. The quantitative estimate of drug-likeness (QED) is 0.773. The fourth-order valence-corrected chi connectivity index (χ4v) is 2.67. The van der Waals surface area contributed by atoms with Gasteiger partial charge in [0.15, 0.2) is 0 Å². The molecule has 2 heterocycles. The molecular weight excluding hydrogens is 268 g/mol. The number of H-pyrrole nitrogens is 1. The number of rotatable bonds is 3. The lowest BCUT2D eigenvalue weighted by atomic mass is 10.2. The number of carbonyl (C=O) groups excluding carboxylic acids is 1. The second kappa shape index (κ2) is 5.38. The number of aromatic amines is 1. The van der Waals surface area contributed by atoms with E-state index < -0.39 is 0 Å². The van der Waals surface area contributed by atoms with Gasteiger partial charge >= 0.3 is 0 Å². The summed E-state index contributed by atoms with van der Waals surface area (Å²) in [7, 11) is 0. The lowest BCUT2D eigenvalue weighted by molar-refractivity contribution is 0.0784. The van der Waals surface area contributed by atoms with E-state index in [-0.39, 0.29) is 18.0 Å². The summed E-state index contributed by atoms with van der Waals surface area (Å²) in [5, 5.41) is 0.981. The SMILES string of the molecule is CCOc1ccc2cc(C(=O)N3C[C@@H](N)[C@H](N)C3)[nH]c2c1. The highest BCUT2D eigenvalue weighted by Crippen LogP contribution is 2.23. The Bertz CT molecular complexity index is 657. The van der Waals surface area contributed by atoms with Crippen LogP contribution >= 0.6 is 0 Å². The molecule has 6 heteroatoms. The fourth-order valence-electron chi connectivity index (χ4n) is 2.67. The highest BCUT2D eigenvalue weighted by molar-refractivity contribution is 5.98. The first-order valence-electron chi connectivity index (χ1n) is 7.14. The average Bonchev–Trinajstić information content (AvgIpc) is 3.02. The summed E-state index contributed by atoms with van der Waals surface area (Å²) >= 11 is 0. The van der Waals surface area contributed by atoms with Crippen LogP contribution in [0.4, 0.5) is 0 Å². The molecule has 0 spiro atoms. The normalized spacial score (nSPS) is 22.0. The molecule has 1 aliphatic rings. The molecule has 0 bridgehead atoms. The van der Waals surface area contributed by atoms with Gasteiger partial charge in [0.2, 0.25) is 0 Å². The monoisotopic (exact) mass is 288 g/mol. The van der Waals surface area contributed by atoms with Gasteiger partial charge in [0, 0.05) is 42.1 Å². The topological polar surface area (TPSA) is 97.4 Å². The van der Waals surface area contributed by atoms with E-state index >= 15 is 0 Å². The number of benzene rings is 1. The van der Waals surface area contributed by atoms with Crippen LogP contribution in [-0.2, 0) is 0 Å². The van der Waals surface area contributed by atoms with E-state index in [1.165, 1.54) is 0 Å². The maximum absolute atomic E-state index is 12.5. The Labute approximate surface area is 123 Å². The Morgan fingerprint density at radius 3 is 2.71 bits per heavy atom. The van der Waals surface area contributed by atoms with Gasteiger partial charge < -0.3 is 26.1 Å². The van der Waals surface area contributed by atoms with E-state index in [0.717, 1.165) is 16.7 Å². The minimum Gasteiger partial charge on any atom is -0.494 e. The van der Waals surface area contributed by atoms with Crippen LogP contribution in [0, 0.1) is 0 Å². The zero-order valence-corrected chi connectivity index (χ0v) is 12.0. The van der Waals surface area contributed by atoms with Crippen molar-refractivity contribution in [3.05, 3.63) is 30.0 Å². The van der Waals surface area contributed by atoms with Gasteiger partial charge in [0.05, 0.1) is 6.61 Å². The second-order valence-electron chi connectivity index (χ2n) is 5.40. The van der Waals surface area contributed by atoms with Crippen LogP contribution in [0.3, 0.4) is 0 Å². The molecule has 5 N–H and O–H groups in total. The molecule has 112 valence electrons. The molecule has 0 saturated carbocycles. The number of nitrogens with zero attached hydrogens (tertiary/aromatic N) is 1. The summed E-state index contributed by atoms with van der Waals surface area (Å²) in [6.45, 7) is 3.55. The molecule has 0 aliphatic carbocycles. The summed E-state index contributed by atoms with van der Waals surface area (Å²) in [6.07, 6.45) is 0. The third-order valence-corrected chi connectivity index (χ3v) is 3.83. The van der Waals surface area contributed by atoms with Gasteiger partial charge in [-0.1, -0.05) is 0 Å². The van der Waals surface area contributed by atoms with E-state index in [4.69, 9.17) is 16.2 Å². The Kier molecular flexibility index (Phi) is 3.57. The lowest BCUT2D eigenvalue weighted by Crippen LogP contribution is -2.39. The van der Waals surface area contributed by atoms with E-state index in [1.54, 1.807) is 4.90 Å².